The normalized spacial score (nSPS) is 19.2. The fourth-order valence-electron chi connectivity index (χ4n) is 3.92. The summed E-state index contributed by atoms with van der Waals surface area (Å²) in [5.74, 6) is 0. The van der Waals surface area contributed by atoms with Crippen molar-refractivity contribution in [3.63, 3.8) is 0 Å². The van der Waals surface area contributed by atoms with Gasteiger partial charge >= 0.3 is 0 Å². The fourth-order valence-corrected chi connectivity index (χ4v) is 5.25. The molecule has 2 aromatic heterocycles. The largest absolute Gasteiger partial charge is 0.398 e. The first kappa shape index (κ1) is 12.6. The van der Waals surface area contributed by atoms with E-state index >= 15 is 0 Å². The van der Waals surface area contributed by atoms with Crippen LogP contribution in [0, 0.1) is 0 Å². The van der Waals surface area contributed by atoms with Gasteiger partial charge in [-0.15, -0.1) is 0 Å². The van der Waals surface area contributed by atoms with E-state index < -0.39 is 0 Å². The van der Waals surface area contributed by atoms with Crippen LogP contribution in [-0.4, -0.2) is 0 Å². The molecule has 0 aliphatic heterocycles. The van der Waals surface area contributed by atoms with Gasteiger partial charge in [0.15, 0.2) is 5.69 Å². The molecule has 0 bridgehead atoms. The number of nitrogen functional groups attached to an aromatic ring is 1. The third-order valence-corrected chi connectivity index (χ3v) is 6.21. The maximum absolute atomic E-state index is 6.62. The SMILES string of the molecule is Nc1c2c([nH+]c3sc4c(c13)CCCCC4)CCCCC2. The first-order valence-corrected chi connectivity index (χ1v) is 8.93. The smallest absolute Gasteiger partial charge is 0.270 e. The minimum atomic E-state index is 1.11. The third-order valence-electron chi connectivity index (χ3n) is 5.00. The number of nitrogens with one attached hydrogen (secondary N) is 1. The highest BCUT2D eigenvalue weighted by atomic mass is 32.1. The molecule has 0 unspecified atom stereocenters. The van der Waals surface area contributed by atoms with E-state index in [9.17, 15) is 0 Å². The van der Waals surface area contributed by atoms with E-state index in [0.717, 1.165) is 12.1 Å². The number of nitrogens with two attached hydrogens (primary N) is 1. The van der Waals surface area contributed by atoms with Gasteiger partial charge in [-0.25, -0.2) is 0 Å². The Kier molecular flexibility index (Phi) is 3.18. The Morgan fingerprint density at radius 1 is 0.800 bits per heavy atom. The van der Waals surface area contributed by atoms with Crippen molar-refractivity contribution in [2.45, 2.75) is 64.2 Å². The number of aryl methyl sites for hydroxylation is 3. The molecule has 3 heteroatoms. The second-order valence-electron chi connectivity index (χ2n) is 6.33. The maximum atomic E-state index is 6.62. The van der Waals surface area contributed by atoms with E-state index in [1.165, 1.54) is 79.3 Å². The average Bonchev–Trinajstić information content (AvgIpc) is 2.65. The van der Waals surface area contributed by atoms with Gasteiger partial charge in [0.1, 0.15) is 0 Å². The molecule has 2 aliphatic carbocycles. The number of fused-ring (bicyclic) bond motifs is 4. The van der Waals surface area contributed by atoms with Crippen molar-refractivity contribution in [2.75, 3.05) is 5.73 Å². The van der Waals surface area contributed by atoms with Gasteiger partial charge in [0.25, 0.3) is 4.83 Å². The highest BCUT2D eigenvalue weighted by molar-refractivity contribution is 7.18. The molecule has 0 amide bonds. The van der Waals surface area contributed by atoms with Gasteiger partial charge in [-0.2, -0.15) is 4.98 Å². The Balaban J connectivity index is 1.96. The predicted octanol–water partition coefficient (Wildman–Crippen LogP) is 3.84. The Hall–Kier alpha value is -1.09. The predicted molar refractivity (Wildman–Crippen MR) is 85.3 cm³/mol. The van der Waals surface area contributed by atoms with Crippen LogP contribution in [0.4, 0.5) is 5.69 Å². The summed E-state index contributed by atoms with van der Waals surface area (Å²) in [6.07, 6.45) is 12.8. The second kappa shape index (κ2) is 5.03. The minimum Gasteiger partial charge on any atom is -0.398 e. The number of hydrogen-bond acceptors (Lipinski definition) is 2. The van der Waals surface area contributed by atoms with Crippen molar-refractivity contribution < 1.29 is 4.98 Å². The number of pyridine rings is 1. The number of aromatic amines is 1. The third kappa shape index (κ3) is 1.95. The Morgan fingerprint density at radius 3 is 2.35 bits per heavy atom. The van der Waals surface area contributed by atoms with Crippen molar-refractivity contribution >= 4 is 27.2 Å². The molecule has 0 radical (unpaired) electrons. The summed E-state index contributed by atoms with van der Waals surface area (Å²) in [7, 11) is 0. The number of rotatable bonds is 0. The van der Waals surface area contributed by atoms with Crippen molar-refractivity contribution in [1.29, 1.82) is 0 Å². The lowest BCUT2D eigenvalue weighted by Crippen LogP contribution is -2.16. The number of anilines is 1. The zero-order valence-corrected chi connectivity index (χ0v) is 12.9. The van der Waals surface area contributed by atoms with E-state index in [1.807, 2.05) is 11.3 Å². The number of H-pyrrole nitrogens is 1. The van der Waals surface area contributed by atoms with Gasteiger partial charge in [0.05, 0.1) is 11.1 Å². The Morgan fingerprint density at radius 2 is 1.50 bits per heavy atom. The molecule has 0 saturated heterocycles. The molecule has 2 nitrogen and oxygen atoms in total. The molecule has 0 saturated carbocycles. The van der Waals surface area contributed by atoms with Crippen LogP contribution in [0.5, 0.6) is 0 Å². The lowest BCUT2D eigenvalue weighted by molar-refractivity contribution is -0.355. The molecular formula is C17H23N2S+. The molecule has 0 fully saturated rings. The first-order valence-electron chi connectivity index (χ1n) is 8.11. The minimum absolute atomic E-state index is 1.11. The maximum Gasteiger partial charge on any atom is 0.270 e. The Bertz CT molecular complexity index is 657. The summed E-state index contributed by atoms with van der Waals surface area (Å²) in [5, 5.41) is 1.38. The van der Waals surface area contributed by atoms with E-state index in [0.29, 0.717) is 0 Å². The molecule has 2 aliphatic rings. The van der Waals surface area contributed by atoms with Crippen LogP contribution in [0.25, 0.3) is 10.2 Å². The zero-order valence-electron chi connectivity index (χ0n) is 12.1. The number of hydrogen-bond donors (Lipinski definition) is 1. The standard InChI is InChI=1S/C17H22N2S/c18-16-11-7-3-1-5-9-13(11)19-17-15(16)12-8-4-2-6-10-14(12)20-17/h1-10H2,(H2,18,19)/p+1. The van der Waals surface area contributed by atoms with Gasteiger partial charge in [0, 0.05) is 16.9 Å². The highest BCUT2D eigenvalue weighted by Gasteiger charge is 2.26. The number of aromatic nitrogens is 1. The molecular weight excluding hydrogens is 264 g/mol. The molecule has 3 N–H and O–H groups in total. The van der Waals surface area contributed by atoms with Gasteiger partial charge in [0.2, 0.25) is 0 Å². The summed E-state index contributed by atoms with van der Waals surface area (Å²) in [5.41, 5.74) is 12.1. The van der Waals surface area contributed by atoms with E-state index in [4.69, 9.17) is 5.73 Å². The molecule has 2 heterocycles. The molecule has 0 atom stereocenters. The van der Waals surface area contributed by atoms with Crippen LogP contribution >= 0.6 is 11.3 Å². The van der Waals surface area contributed by atoms with Crippen LogP contribution in [0.15, 0.2) is 0 Å². The average molecular weight is 287 g/mol. The Labute approximate surface area is 124 Å². The van der Waals surface area contributed by atoms with Crippen LogP contribution in [-0.2, 0) is 25.7 Å². The fraction of sp³-hybridized carbons (Fsp3) is 0.588. The van der Waals surface area contributed by atoms with Crippen LogP contribution in [0.3, 0.4) is 0 Å². The topological polar surface area (TPSA) is 40.2 Å². The lowest BCUT2D eigenvalue weighted by atomic mass is 10.00. The molecule has 20 heavy (non-hydrogen) atoms. The van der Waals surface area contributed by atoms with Crippen LogP contribution < -0.4 is 10.7 Å². The van der Waals surface area contributed by atoms with Gasteiger partial charge < -0.3 is 5.73 Å². The van der Waals surface area contributed by atoms with Crippen molar-refractivity contribution in [3.8, 4) is 0 Å². The number of thiophene rings is 1. The lowest BCUT2D eigenvalue weighted by Gasteiger charge is -2.07. The van der Waals surface area contributed by atoms with Crippen LogP contribution in [0.1, 0.15) is 60.2 Å². The van der Waals surface area contributed by atoms with Gasteiger partial charge in [-0.05, 0) is 50.5 Å². The summed E-state index contributed by atoms with van der Waals surface area (Å²) in [6, 6.07) is 0. The monoisotopic (exact) mass is 287 g/mol. The van der Waals surface area contributed by atoms with Gasteiger partial charge in [-0.1, -0.05) is 24.2 Å². The summed E-state index contributed by atoms with van der Waals surface area (Å²) >= 11 is 1.97. The molecule has 0 spiro atoms. The molecule has 2 aromatic rings. The van der Waals surface area contributed by atoms with Gasteiger partial charge in [-0.3, -0.25) is 0 Å². The molecule has 0 aromatic carbocycles. The van der Waals surface area contributed by atoms with Crippen LogP contribution in [0.2, 0.25) is 0 Å². The van der Waals surface area contributed by atoms with E-state index in [2.05, 4.69) is 4.98 Å². The summed E-state index contributed by atoms with van der Waals surface area (Å²) in [6.45, 7) is 0. The summed E-state index contributed by atoms with van der Waals surface area (Å²) in [4.78, 5) is 6.68. The van der Waals surface area contributed by atoms with E-state index in [1.54, 1.807) is 10.4 Å². The first-order chi connectivity index (χ1) is 9.84. The molecule has 4 rings (SSSR count). The second-order valence-corrected chi connectivity index (χ2v) is 7.43. The molecule has 106 valence electrons. The highest BCUT2D eigenvalue weighted by Crippen LogP contribution is 2.39. The van der Waals surface area contributed by atoms with Crippen molar-refractivity contribution in [3.05, 3.63) is 21.7 Å². The van der Waals surface area contributed by atoms with E-state index in [-0.39, 0.29) is 0 Å². The van der Waals surface area contributed by atoms with Crippen molar-refractivity contribution in [2.24, 2.45) is 0 Å². The quantitative estimate of drug-likeness (QED) is 0.735. The van der Waals surface area contributed by atoms with Crippen molar-refractivity contribution in [1.82, 2.24) is 0 Å². The zero-order chi connectivity index (χ0) is 13.5. The summed E-state index contributed by atoms with van der Waals surface area (Å²) < 4.78 is 0.